The SMILES string of the molecule is Cc1cccc2c1-c1ccc(N(c3ccc(-c4ccc(-c5ccc(N(c6ccccc6)c6ccc(C7CCCCC7)cc6)cc5)cc4)cc3)c3ccc4ccccc4c3-c3ccccc3)cc1C2(c1ccccc1)c1ccccc1. The number of fused-ring (bicyclic) bond motifs is 4. The molecule has 0 bridgehead atoms. The minimum atomic E-state index is -0.548. The van der Waals surface area contributed by atoms with Crippen LogP contribution in [0.15, 0.2) is 291 Å². The second-order valence-electron chi connectivity index (χ2n) is 21.9. The summed E-state index contributed by atoms with van der Waals surface area (Å²) in [6.07, 6.45) is 6.66. The molecule has 14 rings (SSSR count). The van der Waals surface area contributed by atoms with Gasteiger partial charge in [0, 0.05) is 34.0 Å². The molecule has 0 heterocycles. The molecule has 2 nitrogen and oxygen atoms in total. The minimum absolute atomic E-state index is 0.548. The van der Waals surface area contributed by atoms with E-state index in [1.165, 1.54) is 121 Å². The van der Waals surface area contributed by atoms with Crippen LogP contribution in [0.1, 0.15) is 71.4 Å². The largest absolute Gasteiger partial charge is 0.311 e. The summed E-state index contributed by atoms with van der Waals surface area (Å²) in [5, 5.41) is 2.42. The molecule has 0 atom stereocenters. The van der Waals surface area contributed by atoms with Gasteiger partial charge in [-0.1, -0.05) is 244 Å². The average Bonchev–Trinajstić information content (AvgIpc) is 3.92. The van der Waals surface area contributed by atoms with E-state index >= 15 is 0 Å². The molecular formula is C78H62N2. The number of hydrogen-bond acceptors (Lipinski definition) is 2. The first-order valence-corrected chi connectivity index (χ1v) is 28.6. The maximum atomic E-state index is 2.49. The number of benzene rings is 12. The predicted octanol–water partition coefficient (Wildman–Crippen LogP) is 21.5. The van der Waals surface area contributed by atoms with Crippen molar-refractivity contribution in [2.45, 2.75) is 50.4 Å². The first kappa shape index (κ1) is 48.8. The van der Waals surface area contributed by atoms with Gasteiger partial charge in [0.1, 0.15) is 0 Å². The van der Waals surface area contributed by atoms with Crippen molar-refractivity contribution >= 4 is 44.9 Å². The lowest BCUT2D eigenvalue weighted by Gasteiger charge is -2.35. The first-order chi connectivity index (χ1) is 39.6. The Kier molecular flexibility index (Phi) is 12.8. The minimum Gasteiger partial charge on any atom is -0.311 e. The lowest BCUT2D eigenvalue weighted by atomic mass is 9.67. The van der Waals surface area contributed by atoms with E-state index in [0.717, 1.165) is 34.0 Å². The number of para-hydroxylation sites is 1. The van der Waals surface area contributed by atoms with E-state index < -0.39 is 5.41 Å². The van der Waals surface area contributed by atoms with Gasteiger partial charge in [-0.05, 0) is 176 Å². The highest BCUT2D eigenvalue weighted by atomic mass is 15.1. The Labute approximate surface area is 471 Å². The quantitative estimate of drug-likeness (QED) is 0.120. The summed E-state index contributed by atoms with van der Waals surface area (Å²) < 4.78 is 0. The van der Waals surface area contributed by atoms with Gasteiger partial charge in [-0.3, -0.25) is 0 Å². The lowest BCUT2D eigenvalue weighted by molar-refractivity contribution is 0.443. The number of hydrogen-bond donors (Lipinski definition) is 0. The van der Waals surface area contributed by atoms with Crippen molar-refractivity contribution in [1.29, 1.82) is 0 Å². The molecule has 1 fully saturated rings. The van der Waals surface area contributed by atoms with E-state index in [4.69, 9.17) is 0 Å². The van der Waals surface area contributed by atoms with Crippen LogP contribution in [0.5, 0.6) is 0 Å². The first-order valence-electron chi connectivity index (χ1n) is 28.6. The molecule has 2 aliphatic rings. The van der Waals surface area contributed by atoms with Crippen LogP contribution in [-0.2, 0) is 5.41 Å². The monoisotopic (exact) mass is 1030 g/mol. The highest BCUT2D eigenvalue weighted by Crippen LogP contribution is 2.58. The molecule has 12 aromatic rings. The van der Waals surface area contributed by atoms with Crippen LogP contribution in [0.3, 0.4) is 0 Å². The Morgan fingerprint density at radius 2 is 0.825 bits per heavy atom. The number of nitrogens with zero attached hydrogens (tertiary/aromatic N) is 2. The van der Waals surface area contributed by atoms with E-state index in [1.54, 1.807) is 0 Å². The van der Waals surface area contributed by atoms with Crippen LogP contribution in [0.4, 0.5) is 34.1 Å². The number of aryl methyl sites for hydroxylation is 1. The molecule has 0 N–H and O–H groups in total. The van der Waals surface area contributed by atoms with Gasteiger partial charge in [0.05, 0.1) is 11.1 Å². The third-order valence-electron chi connectivity index (χ3n) is 17.3. The van der Waals surface area contributed by atoms with Gasteiger partial charge in [0.2, 0.25) is 0 Å². The van der Waals surface area contributed by atoms with Crippen molar-refractivity contribution in [3.8, 4) is 44.5 Å². The summed E-state index contributed by atoms with van der Waals surface area (Å²) in [5.41, 5.74) is 23.8. The second-order valence-corrected chi connectivity index (χ2v) is 21.9. The Morgan fingerprint density at radius 1 is 0.338 bits per heavy atom. The van der Waals surface area contributed by atoms with Crippen molar-refractivity contribution in [2.24, 2.45) is 0 Å². The van der Waals surface area contributed by atoms with E-state index in [-0.39, 0.29) is 0 Å². The molecule has 1 saturated carbocycles. The molecule has 12 aromatic carbocycles. The second kappa shape index (κ2) is 21.0. The third-order valence-corrected chi connectivity index (χ3v) is 17.3. The van der Waals surface area contributed by atoms with Gasteiger partial charge < -0.3 is 9.80 Å². The molecular weight excluding hydrogens is 965 g/mol. The zero-order valence-corrected chi connectivity index (χ0v) is 45.2. The lowest BCUT2D eigenvalue weighted by Crippen LogP contribution is -2.28. The fourth-order valence-corrected chi connectivity index (χ4v) is 13.4. The molecule has 0 radical (unpaired) electrons. The van der Waals surface area contributed by atoms with Gasteiger partial charge in [-0.15, -0.1) is 0 Å². The zero-order valence-electron chi connectivity index (χ0n) is 45.2. The van der Waals surface area contributed by atoms with E-state index in [2.05, 4.69) is 308 Å². The van der Waals surface area contributed by atoms with Crippen LogP contribution in [0.2, 0.25) is 0 Å². The van der Waals surface area contributed by atoms with Crippen molar-refractivity contribution in [3.63, 3.8) is 0 Å². The standard InChI is InChI=1S/C78H62N2/c1-55-20-19-33-73-76(55)72-52-51-70(54-74(72)78(73,64-26-11-4-12-27-64)65-28-13-5-14-29-65)80(75-53-44-62-23-17-18-32-71(62)77(75)63-24-9-3-10-25-63)69-49-42-61(43-50-69)58-36-34-57(35-37-58)60-40-47-68(48-41-60)79(66-30-15-6-16-31-66)67-45-38-59(39-46-67)56-21-7-2-8-22-56/h3-6,9-20,23-54,56H,2,7-8,21-22H2,1H3. The molecule has 2 heteroatoms. The summed E-state index contributed by atoms with van der Waals surface area (Å²) in [5.74, 6) is 0.682. The van der Waals surface area contributed by atoms with Crippen LogP contribution >= 0.6 is 0 Å². The van der Waals surface area contributed by atoms with E-state index in [9.17, 15) is 0 Å². The molecule has 384 valence electrons. The Hall–Kier alpha value is -9.50. The van der Waals surface area contributed by atoms with Crippen LogP contribution < -0.4 is 9.80 Å². The highest BCUT2D eigenvalue weighted by Gasteiger charge is 2.47. The summed E-state index contributed by atoms with van der Waals surface area (Å²) in [4.78, 5) is 4.87. The Bertz CT molecular complexity index is 4070. The normalized spacial score (nSPS) is 13.6. The van der Waals surface area contributed by atoms with Gasteiger partial charge in [-0.25, -0.2) is 0 Å². The zero-order chi connectivity index (χ0) is 53.4. The topological polar surface area (TPSA) is 6.48 Å². The molecule has 2 aliphatic carbocycles. The Morgan fingerprint density at radius 3 is 1.43 bits per heavy atom. The summed E-state index contributed by atoms with van der Waals surface area (Å²) in [7, 11) is 0. The van der Waals surface area contributed by atoms with Gasteiger partial charge >= 0.3 is 0 Å². The Balaban J connectivity index is 0.841. The van der Waals surface area contributed by atoms with Crippen molar-refractivity contribution in [1.82, 2.24) is 0 Å². The summed E-state index contributed by atoms with van der Waals surface area (Å²) in [6.45, 7) is 2.26. The van der Waals surface area contributed by atoms with Crippen molar-refractivity contribution in [3.05, 3.63) is 325 Å². The van der Waals surface area contributed by atoms with Crippen molar-refractivity contribution < 1.29 is 0 Å². The maximum Gasteiger partial charge on any atom is 0.0714 e. The fraction of sp³-hybridized carbons (Fsp3) is 0.103. The molecule has 0 aliphatic heterocycles. The van der Waals surface area contributed by atoms with Crippen molar-refractivity contribution in [2.75, 3.05) is 9.80 Å². The molecule has 0 unspecified atom stereocenters. The van der Waals surface area contributed by atoms with Gasteiger partial charge in [-0.2, -0.15) is 0 Å². The molecule has 0 aromatic heterocycles. The number of anilines is 6. The summed E-state index contributed by atoms with van der Waals surface area (Å²) in [6, 6.07) is 108. The van der Waals surface area contributed by atoms with Crippen LogP contribution in [-0.4, -0.2) is 0 Å². The molecule has 0 amide bonds. The van der Waals surface area contributed by atoms with E-state index in [0.29, 0.717) is 5.92 Å². The molecule has 80 heavy (non-hydrogen) atoms. The fourth-order valence-electron chi connectivity index (χ4n) is 13.4. The average molecular weight is 1030 g/mol. The van der Waals surface area contributed by atoms with Gasteiger partial charge in [0.25, 0.3) is 0 Å². The highest BCUT2D eigenvalue weighted by molar-refractivity contribution is 6.06. The molecule has 0 saturated heterocycles. The molecule has 0 spiro atoms. The van der Waals surface area contributed by atoms with Crippen LogP contribution in [0, 0.1) is 6.92 Å². The van der Waals surface area contributed by atoms with Crippen LogP contribution in [0.25, 0.3) is 55.3 Å². The third kappa shape index (κ3) is 8.69. The number of rotatable bonds is 12. The smallest absolute Gasteiger partial charge is 0.0714 e. The summed E-state index contributed by atoms with van der Waals surface area (Å²) >= 11 is 0. The van der Waals surface area contributed by atoms with E-state index in [1.807, 2.05) is 0 Å². The maximum absolute atomic E-state index is 2.49. The van der Waals surface area contributed by atoms with Gasteiger partial charge in [0.15, 0.2) is 0 Å². The predicted molar refractivity (Wildman–Crippen MR) is 337 cm³/mol.